The number of alkyl halides is 1. The molecule has 10 heterocycles. The quantitative estimate of drug-likeness (QED) is 0.0535. The van der Waals surface area contributed by atoms with E-state index in [1.54, 1.807) is 12.2 Å². The van der Waals surface area contributed by atoms with Crippen LogP contribution in [0.4, 0.5) is 23.8 Å². The van der Waals surface area contributed by atoms with Gasteiger partial charge in [0.25, 0.3) is 0 Å². The number of hydrogen-bond acceptors (Lipinski definition) is 16. The number of allylic oxidation sites excluding steroid dienone is 1. The number of piperidine rings is 2. The lowest BCUT2D eigenvalue weighted by Gasteiger charge is -2.31. The fourth-order valence-corrected chi connectivity index (χ4v) is 10.6. The molecule has 0 atom stereocenters. The monoisotopic (exact) mass is 1100 g/mol. The number of anilines is 4. The predicted octanol–water partition coefficient (Wildman–Crippen LogP) is 6.95. The van der Waals surface area contributed by atoms with Gasteiger partial charge in [0.05, 0.1) is 12.4 Å². The van der Waals surface area contributed by atoms with Crippen LogP contribution in [-0.2, 0) is 19.1 Å². The first kappa shape index (κ1) is 56.2. The molecule has 6 aliphatic rings. The molecular formula is C54H85BrN16O4. The zero-order chi connectivity index (χ0) is 52.4. The summed E-state index contributed by atoms with van der Waals surface area (Å²) in [7, 11) is 0. The fraction of sp³-hybridized carbons (Fsp3) is 0.704. The topological polar surface area (TPSA) is 209 Å². The Hall–Kier alpha value is -4.96. The van der Waals surface area contributed by atoms with Gasteiger partial charge in [-0.25, -0.2) is 0 Å². The summed E-state index contributed by atoms with van der Waals surface area (Å²) in [4.78, 5) is 50.4. The summed E-state index contributed by atoms with van der Waals surface area (Å²) in [5.41, 5.74) is 3.92. The molecule has 75 heavy (non-hydrogen) atoms. The third-order valence-corrected chi connectivity index (χ3v) is 15.6. The van der Waals surface area contributed by atoms with Gasteiger partial charge in [-0.05, 0) is 133 Å². The molecule has 21 heteroatoms. The van der Waals surface area contributed by atoms with Crippen LogP contribution in [0.1, 0.15) is 128 Å². The molecule has 412 valence electrons. The lowest BCUT2D eigenvalue weighted by molar-refractivity contribution is -0.128. The third-order valence-electron chi connectivity index (χ3n) is 15.2. The summed E-state index contributed by atoms with van der Waals surface area (Å²) in [5, 5.41) is 27.2. The highest BCUT2D eigenvalue weighted by Gasteiger charge is 2.26. The highest BCUT2D eigenvalue weighted by Crippen LogP contribution is 2.27. The molecular weight excluding hydrogens is 1020 g/mol. The maximum absolute atomic E-state index is 12.6. The highest BCUT2D eigenvalue weighted by molar-refractivity contribution is 9.09. The van der Waals surface area contributed by atoms with Crippen molar-refractivity contribution in [2.45, 2.75) is 129 Å². The number of carbonyl (C=O) groups excluding carboxylic acids is 2. The van der Waals surface area contributed by atoms with Crippen LogP contribution in [0.15, 0.2) is 36.7 Å². The summed E-state index contributed by atoms with van der Waals surface area (Å²) in [6.45, 7) is 22.1. The number of hydrogen-bond donors (Lipinski definition) is 5. The fourth-order valence-electron chi connectivity index (χ4n) is 10.4. The van der Waals surface area contributed by atoms with E-state index >= 15 is 0 Å². The van der Waals surface area contributed by atoms with Crippen molar-refractivity contribution in [3.05, 3.63) is 47.8 Å². The third kappa shape index (κ3) is 16.5. The van der Waals surface area contributed by atoms with Crippen molar-refractivity contribution in [3.8, 4) is 0 Å². The molecule has 20 nitrogen and oxygen atoms in total. The Balaban J connectivity index is 0.000000183. The van der Waals surface area contributed by atoms with Crippen molar-refractivity contribution < 1.29 is 19.1 Å². The molecule has 0 radical (unpaired) electrons. The second kappa shape index (κ2) is 29.0. The summed E-state index contributed by atoms with van der Waals surface area (Å²) in [6.07, 6.45) is 24.1. The average Bonchev–Trinajstić information content (AvgIpc) is 4.30. The Morgan fingerprint density at radius 2 is 1.07 bits per heavy atom. The van der Waals surface area contributed by atoms with E-state index in [0.717, 1.165) is 165 Å². The van der Waals surface area contributed by atoms with Gasteiger partial charge in [0.2, 0.25) is 35.6 Å². The van der Waals surface area contributed by atoms with Crippen molar-refractivity contribution >= 4 is 62.8 Å². The first-order valence-electron chi connectivity index (χ1n) is 28.2. The van der Waals surface area contributed by atoms with Crippen molar-refractivity contribution in [3.63, 3.8) is 0 Å². The Labute approximate surface area is 452 Å². The van der Waals surface area contributed by atoms with Crippen molar-refractivity contribution in [1.82, 2.24) is 59.2 Å². The SMILES string of the molecule is C1CCNC1.CC(C)c1cnn2c(NCC3CCN(C(=O)/C=C/CBr)CC3)nc(NC3CCOCC3)nc12.CC(C)c1cnn2c(NCC3CCN(C(=O)/C=C/CN4CCCC4)CC3)nc(NC3CCOCC3)nc12. The molecule has 4 aromatic heterocycles. The number of rotatable bonds is 17. The number of fused-ring (bicyclic) bond motifs is 2. The van der Waals surface area contributed by atoms with Crippen molar-refractivity contribution in [2.75, 3.05) is 125 Å². The number of halogens is 1. The number of likely N-dealkylation sites (tertiary alicyclic amines) is 3. The zero-order valence-corrected chi connectivity index (χ0v) is 46.7. The van der Waals surface area contributed by atoms with Crippen LogP contribution in [0.25, 0.3) is 11.3 Å². The van der Waals surface area contributed by atoms with Gasteiger partial charge in [-0.1, -0.05) is 55.8 Å². The summed E-state index contributed by atoms with van der Waals surface area (Å²) in [5.74, 6) is 4.55. The Kier molecular flexibility index (Phi) is 21.7. The first-order valence-corrected chi connectivity index (χ1v) is 29.3. The molecule has 0 aliphatic carbocycles. The zero-order valence-electron chi connectivity index (χ0n) is 45.2. The van der Waals surface area contributed by atoms with Crippen LogP contribution in [0.3, 0.4) is 0 Å². The van der Waals surface area contributed by atoms with E-state index in [1.807, 2.05) is 43.4 Å². The molecule has 6 saturated heterocycles. The molecule has 6 fully saturated rings. The van der Waals surface area contributed by atoms with Gasteiger partial charge >= 0.3 is 0 Å². The first-order chi connectivity index (χ1) is 36.6. The highest BCUT2D eigenvalue weighted by atomic mass is 79.9. The van der Waals surface area contributed by atoms with E-state index in [0.29, 0.717) is 58.9 Å². The number of nitrogens with zero attached hydrogens (tertiary/aromatic N) is 11. The number of nitrogens with one attached hydrogen (secondary N) is 5. The van der Waals surface area contributed by atoms with Gasteiger partial charge in [-0.3, -0.25) is 14.5 Å². The summed E-state index contributed by atoms with van der Waals surface area (Å²) >= 11 is 3.32. The molecule has 6 aliphatic heterocycles. The maximum Gasteiger partial charge on any atom is 0.246 e. The standard InChI is InChI=1S/C27H42N8O2.C23H34BrN7O2.C4H9N/c1-20(2)23-19-29-35-25(23)31-26(30-22-9-16-37-17-10-22)32-27(35)28-18-21-7-14-34(15-8-21)24(36)6-5-13-33-11-3-4-12-33;1-16(2)19-15-26-31-21(19)28-22(27-18-7-12-33-13-8-18)29-23(31)25-14-17-5-10-30(11-6-17)20(32)4-3-9-24;1-2-4-5-3-1/h5-6,19-22H,3-4,7-18H2,1-2H3,(H2,28,30,31,32);3-4,15-18H,5-14H2,1-2H3,(H2,25,27,28,29);5H,1-4H2/b6-5+;4-3+;. The lowest BCUT2D eigenvalue weighted by atomic mass is 9.97. The second-order valence-electron chi connectivity index (χ2n) is 21.5. The van der Waals surface area contributed by atoms with Crippen LogP contribution in [0.2, 0.25) is 0 Å². The smallest absolute Gasteiger partial charge is 0.246 e. The van der Waals surface area contributed by atoms with E-state index in [4.69, 9.17) is 29.4 Å². The van der Waals surface area contributed by atoms with Gasteiger partial charge in [-0.2, -0.15) is 39.2 Å². The molecule has 0 spiro atoms. The largest absolute Gasteiger partial charge is 0.381 e. The Morgan fingerprint density at radius 1 is 0.627 bits per heavy atom. The van der Waals surface area contributed by atoms with Crippen LogP contribution in [0, 0.1) is 11.8 Å². The van der Waals surface area contributed by atoms with Crippen LogP contribution in [-0.4, -0.2) is 182 Å². The van der Waals surface area contributed by atoms with E-state index in [9.17, 15) is 9.59 Å². The molecule has 5 N–H and O–H groups in total. The van der Waals surface area contributed by atoms with Gasteiger partial charge in [0.1, 0.15) is 0 Å². The lowest BCUT2D eigenvalue weighted by Crippen LogP contribution is -2.39. The van der Waals surface area contributed by atoms with Crippen molar-refractivity contribution in [1.29, 1.82) is 0 Å². The number of carbonyl (C=O) groups is 2. The average molecular weight is 1100 g/mol. The summed E-state index contributed by atoms with van der Waals surface area (Å²) in [6, 6.07) is 0.640. The van der Waals surface area contributed by atoms with Crippen LogP contribution >= 0.6 is 15.9 Å². The molecule has 0 saturated carbocycles. The molecule has 0 bridgehead atoms. The Bertz CT molecular complexity index is 2430. The van der Waals surface area contributed by atoms with Gasteiger partial charge in [0.15, 0.2) is 11.3 Å². The maximum atomic E-state index is 12.6. The van der Waals surface area contributed by atoms with Gasteiger partial charge in [0, 0.05) is 107 Å². The predicted molar refractivity (Wildman–Crippen MR) is 300 cm³/mol. The molecule has 0 unspecified atom stereocenters. The molecule has 2 amide bonds. The number of ether oxygens (including phenoxy) is 2. The normalized spacial score (nSPS) is 19.8. The van der Waals surface area contributed by atoms with E-state index in [-0.39, 0.29) is 11.8 Å². The minimum absolute atomic E-state index is 0.0972. The molecule has 0 aromatic carbocycles. The van der Waals surface area contributed by atoms with E-state index < -0.39 is 0 Å². The van der Waals surface area contributed by atoms with Crippen LogP contribution in [0.5, 0.6) is 0 Å². The van der Waals surface area contributed by atoms with Crippen molar-refractivity contribution in [2.24, 2.45) is 11.8 Å². The summed E-state index contributed by atoms with van der Waals surface area (Å²) < 4.78 is 14.6. The van der Waals surface area contributed by atoms with E-state index in [2.05, 4.69) is 85.3 Å². The van der Waals surface area contributed by atoms with Crippen LogP contribution < -0.4 is 26.6 Å². The van der Waals surface area contributed by atoms with Gasteiger partial charge < -0.3 is 45.9 Å². The minimum atomic E-state index is 0.0972. The molecule has 4 aromatic rings. The molecule has 10 rings (SSSR count). The number of aromatic nitrogens is 8. The number of amides is 2. The minimum Gasteiger partial charge on any atom is -0.381 e. The Morgan fingerprint density at radius 3 is 1.47 bits per heavy atom. The van der Waals surface area contributed by atoms with E-state index in [1.165, 1.54) is 38.8 Å². The second-order valence-corrected chi connectivity index (χ2v) is 22.2. The van der Waals surface area contributed by atoms with Gasteiger partial charge in [-0.15, -0.1) is 0 Å².